The van der Waals surface area contributed by atoms with Crippen LogP contribution in [-0.4, -0.2) is 84.0 Å². The Morgan fingerprint density at radius 1 is 1.04 bits per heavy atom. The molecule has 1 aliphatic carbocycles. The highest BCUT2D eigenvalue weighted by atomic mass is 32.2. The van der Waals surface area contributed by atoms with Crippen LogP contribution in [0.2, 0.25) is 0 Å². The summed E-state index contributed by atoms with van der Waals surface area (Å²) >= 11 is 0. The van der Waals surface area contributed by atoms with Gasteiger partial charge in [0.1, 0.15) is 35.1 Å². The van der Waals surface area contributed by atoms with Gasteiger partial charge < -0.3 is 25.0 Å². The predicted octanol–water partition coefficient (Wildman–Crippen LogP) is 4.66. The molecule has 0 aromatic heterocycles. The Labute approximate surface area is 326 Å². The van der Waals surface area contributed by atoms with Crippen molar-refractivity contribution < 1.29 is 46.3 Å². The van der Waals surface area contributed by atoms with Gasteiger partial charge in [-0.3, -0.25) is 19.3 Å². The van der Waals surface area contributed by atoms with Crippen LogP contribution in [0.5, 0.6) is 0 Å². The van der Waals surface area contributed by atoms with Gasteiger partial charge in [0.15, 0.2) is 0 Å². The zero-order chi connectivity index (χ0) is 40.6. The fraction of sp³-hybridized carbons (Fsp3) is 0.525. The number of sulfonamides is 1. The molecule has 302 valence electrons. The number of hydrogen-bond donors (Lipinski definition) is 3. The highest BCUT2D eigenvalue weighted by Gasteiger charge is 2.62. The molecular weight excluding hydrogens is 746 g/mol. The number of halogens is 1. The fourth-order valence-electron chi connectivity index (χ4n) is 7.61. The Kier molecular flexibility index (Phi) is 11.5. The van der Waals surface area contributed by atoms with E-state index in [2.05, 4.69) is 15.4 Å². The first kappa shape index (κ1) is 40.7. The van der Waals surface area contributed by atoms with E-state index in [1.54, 1.807) is 65.0 Å². The van der Waals surface area contributed by atoms with Crippen molar-refractivity contribution in [2.75, 3.05) is 6.54 Å². The molecular formula is C40H50FN5O9S. The molecule has 2 aromatic rings. The third-order valence-electron chi connectivity index (χ3n) is 10.6. The summed E-state index contributed by atoms with van der Waals surface area (Å²) in [4.78, 5) is 71.7. The van der Waals surface area contributed by atoms with Gasteiger partial charge in [-0.15, -0.1) is 0 Å². The topological polar surface area (TPSA) is 181 Å². The van der Waals surface area contributed by atoms with Gasteiger partial charge in [-0.1, -0.05) is 49.3 Å². The Balaban J connectivity index is 1.27. The van der Waals surface area contributed by atoms with Gasteiger partial charge in [-0.25, -0.2) is 27.1 Å². The molecule has 3 N–H and O–H groups in total. The summed E-state index contributed by atoms with van der Waals surface area (Å²) in [7, 11) is -4.35. The minimum Gasteiger partial charge on any atom is -0.444 e. The molecule has 2 aromatic carbocycles. The zero-order valence-electron chi connectivity index (χ0n) is 32.4. The maximum absolute atomic E-state index is 14.5. The van der Waals surface area contributed by atoms with E-state index in [-0.39, 0.29) is 43.8 Å². The Morgan fingerprint density at radius 2 is 1.80 bits per heavy atom. The summed E-state index contributed by atoms with van der Waals surface area (Å²) in [6.07, 6.45) is 3.95. The van der Waals surface area contributed by atoms with Gasteiger partial charge in [0.05, 0.1) is 18.0 Å². The highest BCUT2D eigenvalue weighted by molar-refractivity contribution is 7.90. The van der Waals surface area contributed by atoms with Crippen LogP contribution in [0.4, 0.5) is 14.0 Å². The monoisotopic (exact) mass is 795 g/mol. The first-order valence-electron chi connectivity index (χ1n) is 19.0. The van der Waals surface area contributed by atoms with Crippen LogP contribution in [0.1, 0.15) is 88.0 Å². The quantitative estimate of drug-likeness (QED) is 0.363. The summed E-state index contributed by atoms with van der Waals surface area (Å²) in [5, 5.41) is 5.47. The number of alkyl carbamates (subject to hydrolysis) is 1. The van der Waals surface area contributed by atoms with Crippen LogP contribution >= 0.6 is 0 Å². The predicted molar refractivity (Wildman–Crippen MR) is 202 cm³/mol. The molecule has 16 heteroatoms. The largest absolute Gasteiger partial charge is 0.444 e. The van der Waals surface area contributed by atoms with E-state index in [4.69, 9.17) is 9.47 Å². The number of benzene rings is 2. The number of hydrogen-bond acceptors (Lipinski definition) is 9. The lowest BCUT2D eigenvalue weighted by atomic mass is 10.0. The van der Waals surface area contributed by atoms with Crippen molar-refractivity contribution >= 4 is 39.9 Å². The highest BCUT2D eigenvalue weighted by Crippen LogP contribution is 2.46. The van der Waals surface area contributed by atoms with Gasteiger partial charge in [0.25, 0.3) is 15.9 Å². The lowest BCUT2D eigenvalue weighted by Gasteiger charge is -2.30. The summed E-state index contributed by atoms with van der Waals surface area (Å²) in [6.45, 7) is 8.31. The third kappa shape index (κ3) is 9.00. The summed E-state index contributed by atoms with van der Waals surface area (Å²) in [6, 6.07) is 7.09. The van der Waals surface area contributed by atoms with Crippen LogP contribution in [0.3, 0.4) is 0 Å². The first-order chi connectivity index (χ1) is 26.4. The van der Waals surface area contributed by atoms with Crippen LogP contribution < -0.4 is 15.4 Å². The van der Waals surface area contributed by atoms with Gasteiger partial charge >= 0.3 is 12.2 Å². The molecule has 0 unspecified atom stereocenters. The van der Waals surface area contributed by atoms with Gasteiger partial charge in [0, 0.05) is 24.4 Å². The summed E-state index contributed by atoms with van der Waals surface area (Å²) in [5.41, 5.74) is -0.369. The van der Waals surface area contributed by atoms with Crippen LogP contribution in [0.25, 0.3) is 0 Å². The molecule has 5 atom stereocenters. The number of ether oxygens (including phenoxy) is 2. The second-order valence-corrected chi connectivity index (χ2v) is 17.9. The second kappa shape index (κ2) is 15.9. The van der Waals surface area contributed by atoms with Crippen molar-refractivity contribution in [3.63, 3.8) is 0 Å². The maximum atomic E-state index is 14.5. The smallest absolute Gasteiger partial charge is 0.410 e. The lowest BCUT2D eigenvalue weighted by molar-refractivity contribution is -0.141. The number of nitrogens with zero attached hydrogens (tertiary/aromatic N) is 2. The SMILES string of the molecule is Cc1ccc(C)c(S(=O)(=O)NC(=O)[C@@]23C[C@H]2/C=C\CCCCC[C@H](NC(=O)OC(C)(C)C)C(=O)N2C[C@H](OC(=O)N4Cc5cccc(F)c5C4)C[C@H]2C(=O)N3)c1. The normalized spacial score (nSPS) is 26.0. The Bertz CT molecular complexity index is 2050. The number of rotatable bonds is 5. The molecule has 3 heterocycles. The lowest BCUT2D eigenvalue weighted by Crippen LogP contribution is -2.58. The number of carbonyl (C=O) groups excluding carboxylic acids is 5. The number of carbonyl (C=O) groups is 5. The maximum Gasteiger partial charge on any atom is 0.410 e. The van der Waals surface area contributed by atoms with Crippen LogP contribution in [-0.2, 0) is 47.0 Å². The van der Waals surface area contributed by atoms with E-state index in [9.17, 15) is 36.8 Å². The standard InChI is InChI=1S/C40H50FN5O9S/c1-24-16-17-25(2)33(18-24)56(52,53)44-36(49)40-20-27(40)13-9-7-6-8-10-15-31(42-37(50)55-39(3,4)5)35(48)46-22-28(19-32(46)34(47)43-40)54-38(51)45-21-26-12-11-14-30(41)29(26)23-45/h9,11-14,16-18,27-28,31-32H,6-8,10,15,19-23H2,1-5H3,(H,42,50)(H,43,47)(H,44,49)/b13-9-/t27-,28-,31+,32+,40-/m1/s1. The zero-order valence-corrected chi connectivity index (χ0v) is 33.2. The number of amides is 5. The van der Waals surface area contributed by atoms with E-state index in [0.29, 0.717) is 41.5 Å². The molecule has 1 saturated heterocycles. The number of nitrogens with one attached hydrogen (secondary N) is 3. The molecule has 0 spiro atoms. The Hall–Kier alpha value is -4.99. The van der Waals surface area contributed by atoms with Crippen molar-refractivity contribution in [2.24, 2.45) is 5.92 Å². The third-order valence-corrected chi connectivity index (χ3v) is 12.1. The number of aryl methyl sites for hydroxylation is 2. The van der Waals surface area contributed by atoms with Crippen molar-refractivity contribution in [1.82, 2.24) is 25.2 Å². The average molecular weight is 796 g/mol. The first-order valence-corrected chi connectivity index (χ1v) is 20.5. The van der Waals surface area contributed by atoms with Crippen LogP contribution in [0.15, 0.2) is 53.4 Å². The van der Waals surface area contributed by atoms with Crippen LogP contribution in [0, 0.1) is 25.6 Å². The summed E-state index contributed by atoms with van der Waals surface area (Å²) < 4.78 is 55.1. The number of allylic oxidation sites excluding steroid dienone is 1. The molecule has 0 bridgehead atoms. The Morgan fingerprint density at radius 3 is 2.54 bits per heavy atom. The van der Waals surface area contributed by atoms with E-state index in [1.807, 2.05) is 6.08 Å². The van der Waals surface area contributed by atoms with Crippen molar-refractivity contribution in [1.29, 1.82) is 0 Å². The number of fused-ring (bicyclic) bond motifs is 3. The molecule has 0 radical (unpaired) electrons. The van der Waals surface area contributed by atoms with Crippen molar-refractivity contribution in [3.8, 4) is 0 Å². The second-order valence-electron chi connectivity index (χ2n) is 16.2. The minimum atomic E-state index is -4.35. The van der Waals surface area contributed by atoms with E-state index >= 15 is 0 Å². The van der Waals surface area contributed by atoms with Gasteiger partial charge in [0.2, 0.25) is 11.8 Å². The van der Waals surface area contributed by atoms with Gasteiger partial charge in [-0.2, -0.15) is 0 Å². The summed E-state index contributed by atoms with van der Waals surface area (Å²) in [5.74, 6) is -3.27. The minimum absolute atomic E-state index is 0.0144. The van der Waals surface area contributed by atoms with Crippen molar-refractivity contribution in [3.05, 3.63) is 76.6 Å². The molecule has 3 aliphatic heterocycles. The van der Waals surface area contributed by atoms with Gasteiger partial charge in [-0.05, 0) is 89.1 Å². The molecule has 14 nitrogen and oxygen atoms in total. The van der Waals surface area contributed by atoms with E-state index < -0.39 is 81.0 Å². The molecule has 56 heavy (non-hydrogen) atoms. The molecule has 6 rings (SSSR count). The molecule has 4 aliphatic rings. The van der Waals surface area contributed by atoms with E-state index in [0.717, 1.165) is 6.42 Å². The molecule has 5 amide bonds. The van der Waals surface area contributed by atoms with E-state index in [1.165, 1.54) is 21.9 Å². The van der Waals surface area contributed by atoms with Crippen molar-refractivity contribution in [2.45, 2.75) is 127 Å². The average Bonchev–Trinajstić information content (AvgIpc) is 3.41. The fourth-order valence-corrected chi connectivity index (χ4v) is 8.98. The molecule has 1 saturated carbocycles. The molecule has 2 fully saturated rings.